The number of halogens is 1. The Morgan fingerprint density at radius 3 is 2.85 bits per heavy atom. The Hall–Kier alpha value is -1.07. The standard InChI is InChI=1S/C15H21BrN2O2/c1-3-4-5-6-7-20-13-9-12-10(8-11(13)16)14(17-2)15(19)18-12/h8-9,14,17H,3-7H2,1-2H3,(H,18,19). The van der Waals surface area contributed by atoms with Crippen molar-refractivity contribution >= 4 is 27.5 Å². The maximum Gasteiger partial charge on any atom is 0.246 e. The number of hydrogen-bond acceptors (Lipinski definition) is 3. The molecular weight excluding hydrogens is 320 g/mol. The molecule has 0 bridgehead atoms. The third kappa shape index (κ3) is 3.33. The number of anilines is 1. The molecule has 1 aliphatic heterocycles. The summed E-state index contributed by atoms with van der Waals surface area (Å²) >= 11 is 3.52. The maximum atomic E-state index is 11.8. The number of hydrogen-bond donors (Lipinski definition) is 2. The van der Waals surface area contributed by atoms with E-state index in [0.29, 0.717) is 6.61 Å². The smallest absolute Gasteiger partial charge is 0.246 e. The van der Waals surface area contributed by atoms with E-state index in [4.69, 9.17) is 4.74 Å². The van der Waals surface area contributed by atoms with Gasteiger partial charge in [-0.2, -0.15) is 0 Å². The minimum absolute atomic E-state index is 0.0190. The molecule has 1 atom stereocenters. The summed E-state index contributed by atoms with van der Waals surface area (Å²) < 4.78 is 6.69. The molecule has 0 saturated carbocycles. The average molecular weight is 341 g/mol. The SMILES string of the molecule is CCCCCCOc1cc2c(cc1Br)C(NC)C(=O)N2. The van der Waals surface area contributed by atoms with Gasteiger partial charge in [-0.15, -0.1) is 0 Å². The van der Waals surface area contributed by atoms with E-state index in [1.165, 1.54) is 19.3 Å². The molecule has 1 aromatic rings. The summed E-state index contributed by atoms with van der Waals surface area (Å²) in [5, 5.41) is 5.88. The summed E-state index contributed by atoms with van der Waals surface area (Å²) in [6, 6.07) is 3.57. The Labute approximate surface area is 128 Å². The van der Waals surface area contributed by atoms with E-state index in [-0.39, 0.29) is 11.9 Å². The van der Waals surface area contributed by atoms with Crippen molar-refractivity contribution < 1.29 is 9.53 Å². The summed E-state index contributed by atoms with van der Waals surface area (Å²) in [6.07, 6.45) is 4.72. The maximum absolute atomic E-state index is 11.8. The van der Waals surface area contributed by atoms with Crippen LogP contribution in [0.15, 0.2) is 16.6 Å². The fourth-order valence-corrected chi connectivity index (χ4v) is 2.85. The molecule has 0 spiro atoms. The zero-order chi connectivity index (χ0) is 14.5. The highest BCUT2D eigenvalue weighted by Crippen LogP contribution is 2.38. The zero-order valence-corrected chi connectivity index (χ0v) is 13.5. The Balaban J connectivity index is 2.02. The molecule has 1 aliphatic rings. The predicted octanol–water partition coefficient (Wildman–Crippen LogP) is 3.62. The number of carbonyl (C=O) groups is 1. The number of ether oxygens (including phenoxy) is 1. The number of nitrogens with one attached hydrogen (secondary N) is 2. The molecule has 1 unspecified atom stereocenters. The van der Waals surface area contributed by atoms with E-state index in [2.05, 4.69) is 33.5 Å². The van der Waals surface area contributed by atoms with Crippen molar-refractivity contribution in [1.29, 1.82) is 0 Å². The van der Waals surface area contributed by atoms with Gasteiger partial charge in [0.1, 0.15) is 11.8 Å². The highest BCUT2D eigenvalue weighted by molar-refractivity contribution is 9.10. The van der Waals surface area contributed by atoms with Crippen LogP contribution in [0.4, 0.5) is 5.69 Å². The monoisotopic (exact) mass is 340 g/mol. The van der Waals surface area contributed by atoms with E-state index < -0.39 is 0 Å². The number of fused-ring (bicyclic) bond motifs is 1. The van der Waals surface area contributed by atoms with Gasteiger partial charge >= 0.3 is 0 Å². The van der Waals surface area contributed by atoms with Crippen LogP contribution in [0.1, 0.15) is 44.2 Å². The molecule has 2 N–H and O–H groups in total. The molecule has 1 heterocycles. The zero-order valence-electron chi connectivity index (χ0n) is 12.0. The van der Waals surface area contributed by atoms with Crippen molar-refractivity contribution in [3.8, 4) is 5.75 Å². The Bertz CT molecular complexity index is 491. The second kappa shape index (κ2) is 7.09. The van der Waals surface area contributed by atoms with Gasteiger partial charge in [0.25, 0.3) is 0 Å². The lowest BCUT2D eigenvalue weighted by Gasteiger charge is -2.11. The number of unbranched alkanes of at least 4 members (excludes halogenated alkanes) is 3. The van der Waals surface area contributed by atoms with Crippen LogP contribution in [-0.2, 0) is 4.79 Å². The van der Waals surface area contributed by atoms with Crippen molar-refractivity contribution in [2.45, 2.75) is 38.6 Å². The molecular formula is C15H21BrN2O2. The van der Waals surface area contributed by atoms with Gasteiger partial charge in [-0.25, -0.2) is 0 Å². The topological polar surface area (TPSA) is 50.4 Å². The van der Waals surface area contributed by atoms with Gasteiger partial charge < -0.3 is 15.4 Å². The van der Waals surface area contributed by atoms with Crippen molar-refractivity contribution in [2.75, 3.05) is 19.0 Å². The van der Waals surface area contributed by atoms with Gasteiger partial charge in [-0.1, -0.05) is 26.2 Å². The molecule has 20 heavy (non-hydrogen) atoms. The van der Waals surface area contributed by atoms with E-state index >= 15 is 0 Å². The number of rotatable bonds is 7. The van der Waals surface area contributed by atoms with Crippen LogP contribution in [0.2, 0.25) is 0 Å². The van der Waals surface area contributed by atoms with Crippen LogP contribution in [0.25, 0.3) is 0 Å². The van der Waals surface area contributed by atoms with Gasteiger partial charge in [0.15, 0.2) is 0 Å². The Morgan fingerprint density at radius 2 is 2.15 bits per heavy atom. The fourth-order valence-electron chi connectivity index (χ4n) is 2.37. The third-order valence-electron chi connectivity index (χ3n) is 3.48. The third-order valence-corrected chi connectivity index (χ3v) is 4.10. The van der Waals surface area contributed by atoms with Gasteiger partial charge in [0.05, 0.1) is 11.1 Å². The minimum Gasteiger partial charge on any atom is -0.492 e. The van der Waals surface area contributed by atoms with Crippen LogP contribution < -0.4 is 15.4 Å². The summed E-state index contributed by atoms with van der Waals surface area (Å²) in [7, 11) is 1.78. The van der Waals surface area contributed by atoms with E-state index in [1.54, 1.807) is 7.05 Å². The van der Waals surface area contributed by atoms with Crippen molar-refractivity contribution in [1.82, 2.24) is 5.32 Å². The van der Waals surface area contributed by atoms with Crippen LogP contribution in [0.3, 0.4) is 0 Å². The van der Waals surface area contributed by atoms with Gasteiger partial charge in [0, 0.05) is 17.3 Å². The lowest BCUT2D eigenvalue weighted by atomic mass is 10.1. The van der Waals surface area contributed by atoms with Crippen molar-refractivity contribution in [2.24, 2.45) is 0 Å². The van der Waals surface area contributed by atoms with Crippen LogP contribution >= 0.6 is 15.9 Å². The summed E-state index contributed by atoms with van der Waals surface area (Å²) in [4.78, 5) is 11.8. The first-order chi connectivity index (χ1) is 9.67. The number of amides is 1. The van der Waals surface area contributed by atoms with E-state index in [0.717, 1.165) is 27.9 Å². The largest absolute Gasteiger partial charge is 0.492 e. The Kier molecular flexibility index (Phi) is 5.43. The first-order valence-electron chi connectivity index (χ1n) is 7.11. The predicted molar refractivity (Wildman–Crippen MR) is 84.2 cm³/mol. The molecule has 4 nitrogen and oxygen atoms in total. The van der Waals surface area contributed by atoms with Crippen LogP contribution in [0.5, 0.6) is 5.75 Å². The van der Waals surface area contributed by atoms with E-state index in [1.807, 2.05) is 12.1 Å². The molecule has 1 amide bonds. The fraction of sp³-hybridized carbons (Fsp3) is 0.533. The second-order valence-corrected chi connectivity index (χ2v) is 5.84. The van der Waals surface area contributed by atoms with Gasteiger partial charge in [-0.3, -0.25) is 4.79 Å². The molecule has 0 fully saturated rings. The molecule has 0 aromatic heterocycles. The summed E-state index contributed by atoms with van der Waals surface area (Å²) in [6.45, 7) is 2.90. The highest BCUT2D eigenvalue weighted by Gasteiger charge is 2.30. The van der Waals surface area contributed by atoms with E-state index in [9.17, 15) is 4.79 Å². The van der Waals surface area contributed by atoms with Crippen LogP contribution in [-0.4, -0.2) is 19.6 Å². The van der Waals surface area contributed by atoms with Gasteiger partial charge in [0.2, 0.25) is 5.91 Å². The van der Waals surface area contributed by atoms with Crippen molar-refractivity contribution in [3.63, 3.8) is 0 Å². The highest BCUT2D eigenvalue weighted by atomic mass is 79.9. The molecule has 0 radical (unpaired) electrons. The quantitative estimate of drug-likeness (QED) is 0.745. The van der Waals surface area contributed by atoms with Crippen molar-refractivity contribution in [3.05, 3.63) is 22.2 Å². The molecule has 1 aromatic carbocycles. The second-order valence-electron chi connectivity index (χ2n) is 4.99. The average Bonchev–Trinajstić information content (AvgIpc) is 2.73. The van der Waals surface area contributed by atoms with Gasteiger partial charge in [-0.05, 0) is 35.5 Å². The molecule has 0 saturated heterocycles. The lowest BCUT2D eigenvalue weighted by molar-refractivity contribution is -0.117. The number of likely N-dealkylation sites (N-methyl/N-ethyl adjacent to an activating group) is 1. The first kappa shape index (κ1) is 15.3. The number of benzene rings is 1. The Morgan fingerprint density at radius 1 is 1.35 bits per heavy atom. The normalized spacial score (nSPS) is 16.9. The summed E-state index contributed by atoms with van der Waals surface area (Å²) in [5.41, 5.74) is 1.80. The first-order valence-corrected chi connectivity index (χ1v) is 7.91. The lowest BCUT2D eigenvalue weighted by Crippen LogP contribution is -2.23. The molecule has 2 rings (SSSR count). The minimum atomic E-state index is -0.278. The van der Waals surface area contributed by atoms with Crippen LogP contribution in [0, 0.1) is 0 Å². The summed E-state index contributed by atoms with van der Waals surface area (Å²) in [5.74, 6) is 0.770. The molecule has 0 aliphatic carbocycles. The number of carbonyl (C=O) groups excluding carboxylic acids is 1. The molecule has 5 heteroatoms. The molecule has 110 valence electrons.